The third kappa shape index (κ3) is 9.58. The van der Waals surface area contributed by atoms with Crippen LogP contribution in [0.2, 0.25) is 0 Å². The first-order valence-electron chi connectivity index (χ1n) is 15.3. The SMILES string of the molecule is CCCCCCCN(C(=O)Cn1c(CC)nc(-c2ccccc2)cc1=O)c1ccc(S[C@H](CCC)C(=O)OCC)cc1. The van der Waals surface area contributed by atoms with Crippen LogP contribution in [0.3, 0.4) is 0 Å². The molecule has 226 valence electrons. The van der Waals surface area contributed by atoms with Gasteiger partial charge < -0.3 is 9.64 Å². The monoisotopic (exact) mass is 591 g/mol. The summed E-state index contributed by atoms with van der Waals surface area (Å²) >= 11 is 1.49. The predicted octanol–water partition coefficient (Wildman–Crippen LogP) is 7.30. The molecule has 0 bridgehead atoms. The Morgan fingerprint density at radius 2 is 1.64 bits per heavy atom. The van der Waals surface area contributed by atoms with Gasteiger partial charge in [0.25, 0.3) is 5.56 Å². The quantitative estimate of drug-likeness (QED) is 0.0931. The Kier molecular flexibility index (Phi) is 13.8. The number of hydrogen-bond donors (Lipinski definition) is 0. The molecule has 0 aliphatic carbocycles. The average molecular weight is 592 g/mol. The second-order valence-corrected chi connectivity index (χ2v) is 11.6. The van der Waals surface area contributed by atoms with Gasteiger partial charge in [0.1, 0.15) is 17.6 Å². The molecule has 8 heteroatoms. The van der Waals surface area contributed by atoms with E-state index in [9.17, 15) is 14.4 Å². The van der Waals surface area contributed by atoms with Crippen molar-refractivity contribution in [2.24, 2.45) is 0 Å². The summed E-state index contributed by atoms with van der Waals surface area (Å²) in [6.45, 7) is 8.86. The lowest BCUT2D eigenvalue weighted by molar-refractivity contribution is -0.142. The third-order valence-electron chi connectivity index (χ3n) is 7.08. The van der Waals surface area contributed by atoms with E-state index < -0.39 is 0 Å². The first-order chi connectivity index (χ1) is 20.4. The zero-order chi connectivity index (χ0) is 30.3. The molecule has 0 unspecified atom stereocenters. The summed E-state index contributed by atoms with van der Waals surface area (Å²) in [6.07, 6.45) is 7.53. The molecule has 2 aromatic carbocycles. The average Bonchev–Trinajstić information content (AvgIpc) is 3.00. The number of nitrogens with zero attached hydrogens (tertiary/aromatic N) is 3. The van der Waals surface area contributed by atoms with Gasteiger partial charge in [-0.3, -0.25) is 19.0 Å². The molecule has 3 rings (SSSR count). The molecule has 1 amide bonds. The number of ether oxygens (including phenoxy) is 1. The fourth-order valence-corrected chi connectivity index (χ4v) is 5.97. The second-order valence-electron chi connectivity index (χ2n) is 10.3. The van der Waals surface area contributed by atoms with Gasteiger partial charge in [-0.15, -0.1) is 11.8 Å². The zero-order valence-corrected chi connectivity index (χ0v) is 26.3. The van der Waals surface area contributed by atoms with E-state index in [1.807, 2.05) is 68.4 Å². The number of amides is 1. The second kappa shape index (κ2) is 17.5. The molecule has 0 aliphatic heterocycles. The molecule has 0 aliphatic rings. The molecular formula is C34H45N3O4S. The van der Waals surface area contributed by atoms with Crippen LogP contribution in [-0.2, 0) is 27.3 Å². The summed E-state index contributed by atoms with van der Waals surface area (Å²) in [7, 11) is 0. The molecule has 0 saturated carbocycles. The Morgan fingerprint density at radius 1 is 0.929 bits per heavy atom. The van der Waals surface area contributed by atoms with E-state index in [1.54, 1.807) is 4.90 Å². The smallest absolute Gasteiger partial charge is 0.319 e. The van der Waals surface area contributed by atoms with E-state index in [-0.39, 0.29) is 29.2 Å². The van der Waals surface area contributed by atoms with Crippen molar-refractivity contribution < 1.29 is 14.3 Å². The van der Waals surface area contributed by atoms with Gasteiger partial charge in [0.05, 0.1) is 12.3 Å². The molecule has 0 N–H and O–H groups in total. The normalized spacial score (nSPS) is 11.7. The summed E-state index contributed by atoms with van der Waals surface area (Å²) in [6, 6.07) is 18.9. The first-order valence-corrected chi connectivity index (χ1v) is 16.2. The molecule has 3 aromatic rings. The van der Waals surface area contributed by atoms with Crippen molar-refractivity contribution in [2.75, 3.05) is 18.1 Å². The van der Waals surface area contributed by atoms with Crippen molar-refractivity contribution in [3.63, 3.8) is 0 Å². The number of hydrogen-bond acceptors (Lipinski definition) is 6. The van der Waals surface area contributed by atoms with Gasteiger partial charge >= 0.3 is 5.97 Å². The maximum absolute atomic E-state index is 13.8. The van der Waals surface area contributed by atoms with E-state index in [4.69, 9.17) is 9.72 Å². The molecule has 0 spiro atoms. The number of aromatic nitrogens is 2. The third-order valence-corrected chi connectivity index (χ3v) is 8.34. The number of anilines is 1. The predicted molar refractivity (Wildman–Crippen MR) is 172 cm³/mol. The highest BCUT2D eigenvalue weighted by Gasteiger charge is 2.22. The minimum Gasteiger partial charge on any atom is -0.465 e. The van der Waals surface area contributed by atoms with Gasteiger partial charge in [-0.1, -0.05) is 83.2 Å². The molecule has 1 heterocycles. The Balaban J connectivity index is 1.83. The zero-order valence-electron chi connectivity index (χ0n) is 25.5. The number of carbonyl (C=O) groups excluding carboxylic acids is 2. The molecule has 0 radical (unpaired) electrons. The van der Waals surface area contributed by atoms with E-state index >= 15 is 0 Å². The number of unbranched alkanes of at least 4 members (excludes halogenated alkanes) is 4. The Morgan fingerprint density at radius 3 is 2.29 bits per heavy atom. The van der Waals surface area contributed by atoms with Crippen LogP contribution < -0.4 is 10.5 Å². The van der Waals surface area contributed by atoms with Crippen molar-refractivity contribution in [2.45, 2.75) is 95.8 Å². The lowest BCUT2D eigenvalue weighted by Gasteiger charge is -2.24. The van der Waals surface area contributed by atoms with Crippen molar-refractivity contribution in [1.29, 1.82) is 0 Å². The highest BCUT2D eigenvalue weighted by molar-refractivity contribution is 8.00. The Hall–Kier alpha value is -3.39. The van der Waals surface area contributed by atoms with E-state index in [0.29, 0.717) is 31.1 Å². The fraction of sp³-hybridized carbons (Fsp3) is 0.471. The standard InChI is InChI=1S/C34H45N3O4S/c1-5-9-10-11-15-23-36(27-19-21-28(22-20-27)42-30(16-6-2)34(40)41-8-4)33(39)25-37-31(7-3)35-29(24-32(37)38)26-17-13-12-14-18-26/h12-14,17-22,24,30H,5-11,15-16,23,25H2,1-4H3/t30-/m1/s1. The van der Waals surface area contributed by atoms with Gasteiger partial charge in [-0.2, -0.15) is 0 Å². The lowest BCUT2D eigenvalue weighted by atomic mass is 10.1. The van der Waals surface area contributed by atoms with Gasteiger partial charge in [0, 0.05) is 35.2 Å². The molecule has 1 aromatic heterocycles. The fourth-order valence-electron chi connectivity index (χ4n) is 4.83. The van der Waals surface area contributed by atoms with Crippen LogP contribution in [-0.4, -0.2) is 39.8 Å². The number of benzene rings is 2. The van der Waals surface area contributed by atoms with Gasteiger partial charge in [-0.25, -0.2) is 4.98 Å². The van der Waals surface area contributed by atoms with Crippen molar-refractivity contribution in [1.82, 2.24) is 9.55 Å². The van der Waals surface area contributed by atoms with E-state index in [2.05, 4.69) is 13.8 Å². The van der Waals surface area contributed by atoms with Gasteiger partial charge in [-0.05, 0) is 44.0 Å². The summed E-state index contributed by atoms with van der Waals surface area (Å²) in [5.41, 5.74) is 2.04. The van der Waals surface area contributed by atoms with Crippen LogP contribution in [0.5, 0.6) is 0 Å². The molecule has 0 saturated heterocycles. The minimum atomic E-state index is -0.261. The largest absolute Gasteiger partial charge is 0.465 e. The maximum Gasteiger partial charge on any atom is 0.319 e. The van der Waals surface area contributed by atoms with E-state index in [1.165, 1.54) is 28.8 Å². The molecular weight excluding hydrogens is 546 g/mol. The topological polar surface area (TPSA) is 81.5 Å². The van der Waals surface area contributed by atoms with Crippen LogP contribution in [0, 0.1) is 0 Å². The highest BCUT2D eigenvalue weighted by atomic mass is 32.2. The van der Waals surface area contributed by atoms with Crippen LogP contribution in [0.15, 0.2) is 70.4 Å². The lowest BCUT2D eigenvalue weighted by Crippen LogP contribution is -2.38. The molecule has 1 atom stereocenters. The van der Waals surface area contributed by atoms with Crippen molar-refractivity contribution in [3.05, 3.63) is 76.8 Å². The van der Waals surface area contributed by atoms with Crippen molar-refractivity contribution in [3.8, 4) is 11.3 Å². The van der Waals surface area contributed by atoms with Gasteiger partial charge in [0.15, 0.2) is 0 Å². The van der Waals surface area contributed by atoms with Crippen LogP contribution in [0.25, 0.3) is 11.3 Å². The number of aryl methyl sites for hydroxylation is 1. The number of carbonyl (C=O) groups is 2. The van der Waals surface area contributed by atoms with Crippen LogP contribution in [0.4, 0.5) is 5.69 Å². The molecule has 42 heavy (non-hydrogen) atoms. The van der Waals surface area contributed by atoms with Crippen LogP contribution >= 0.6 is 11.8 Å². The number of esters is 1. The van der Waals surface area contributed by atoms with Crippen LogP contribution in [0.1, 0.15) is 78.5 Å². The number of thioether (sulfide) groups is 1. The summed E-state index contributed by atoms with van der Waals surface area (Å²) < 4.78 is 6.76. The number of rotatable bonds is 17. The summed E-state index contributed by atoms with van der Waals surface area (Å²) in [5.74, 6) is 0.249. The first kappa shape index (κ1) is 33.1. The summed E-state index contributed by atoms with van der Waals surface area (Å²) in [4.78, 5) is 46.9. The van der Waals surface area contributed by atoms with E-state index in [0.717, 1.165) is 54.7 Å². The Bertz CT molecular complexity index is 1320. The Labute approximate surface area is 254 Å². The minimum absolute atomic E-state index is 0.0725. The summed E-state index contributed by atoms with van der Waals surface area (Å²) in [5, 5.41) is -0.261. The van der Waals surface area contributed by atoms with Crippen molar-refractivity contribution >= 4 is 29.3 Å². The molecule has 7 nitrogen and oxygen atoms in total. The van der Waals surface area contributed by atoms with Gasteiger partial charge in [0.2, 0.25) is 5.91 Å². The maximum atomic E-state index is 13.8. The molecule has 0 fully saturated rings. The highest BCUT2D eigenvalue weighted by Crippen LogP contribution is 2.29.